The van der Waals surface area contributed by atoms with E-state index < -0.39 is 0 Å². The van der Waals surface area contributed by atoms with Crippen LogP contribution in [0.3, 0.4) is 0 Å². The monoisotopic (exact) mass is 283 g/mol. The van der Waals surface area contributed by atoms with Gasteiger partial charge in [0.1, 0.15) is 0 Å². The van der Waals surface area contributed by atoms with Crippen LogP contribution < -0.4 is 5.32 Å². The molecule has 2 heteroatoms. The molecule has 1 saturated carbocycles. The van der Waals surface area contributed by atoms with Crippen LogP contribution in [0.2, 0.25) is 0 Å². The van der Waals surface area contributed by atoms with Crippen molar-refractivity contribution in [2.45, 2.75) is 96.6 Å². The Morgan fingerprint density at radius 2 is 1.60 bits per heavy atom. The predicted octanol–water partition coefficient (Wildman–Crippen LogP) is 4.92. The molecular formula is C18H37NO. The number of unbranched alkanes of at least 4 members (excludes halogenated alkanes) is 4. The molecule has 0 aromatic heterocycles. The van der Waals surface area contributed by atoms with Crippen molar-refractivity contribution in [2.75, 3.05) is 14.2 Å². The van der Waals surface area contributed by atoms with E-state index in [-0.39, 0.29) is 5.60 Å². The Kier molecular flexibility index (Phi) is 7.53. The molecule has 0 spiro atoms. The topological polar surface area (TPSA) is 21.3 Å². The normalized spacial score (nSPS) is 22.6. The smallest absolute Gasteiger partial charge is 0.0831 e. The number of hydrogen-bond donors (Lipinski definition) is 1. The van der Waals surface area contributed by atoms with Gasteiger partial charge < -0.3 is 10.1 Å². The molecule has 1 rings (SSSR count). The molecular weight excluding hydrogens is 246 g/mol. The maximum Gasteiger partial charge on any atom is 0.0831 e. The summed E-state index contributed by atoms with van der Waals surface area (Å²) in [5.41, 5.74) is 0.580. The molecule has 1 atom stereocenters. The van der Waals surface area contributed by atoms with Gasteiger partial charge in [-0.3, -0.25) is 0 Å². The van der Waals surface area contributed by atoms with Crippen LogP contribution in [0, 0.1) is 5.41 Å². The Morgan fingerprint density at radius 1 is 1.00 bits per heavy atom. The molecule has 20 heavy (non-hydrogen) atoms. The standard InChI is InChI=1S/C18H37NO/c1-6-7-8-9-10-11-16(19-4)18(20-5)14-12-17(2,3)13-15-18/h16,19H,6-15H2,1-5H3. The van der Waals surface area contributed by atoms with Crippen LogP contribution in [0.25, 0.3) is 0 Å². The van der Waals surface area contributed by atoms with Crippen molar-refractivity contribution < 1.29 is 4.74 Å². The van der Waals surface area contributed by atoms with Crippen LogP contribution in [0.15, 0.2) is 0 Å². The van der Waals surface area contributed by atoms with E-state index in [9.17, 15) is 0 Å². The first kappa shape index (κ1) is 18.0. The Morgan fingerprint density at radius 3 is 2.10 bits per heavy atom. The largest absolute Gasteiger partial charge is 0.377 e. The highest BCUT2D eigenvalue weighted by Crippen LogP contribution is 2.44. The summed E-state index contributed by atoms with van der Waals surface area (Å²) < 4.78 is 6.04. The first-order valence-corrected chi connectivity index (χ1v) is 8.72. The van der Waals surface area contributed by atoms with Crippen LogP contribution in [0.1, 0.15) is 85.0 Å². The highest BCUT2D eigenvalue weighted by Gasteiger charge is 2.43. The van der Waals surface area contributed by atoms with Gasteiger partial charge in [0.25, 0.3) is 0 Å². The molecule has 1 aliphatic carbocycles. The molecule has 1 unspecified atom stereocenters. The van der Waals surface area contributed by atoms with Crippen LogP contribution in [0.4, 0.5) is 0 Å². The fourth-order valence-corrected chi connectivity index (χ4v) is 3.67. The van der Waals surface area contributed by atoms with Crippen LogP contribution in [0.5, 0.6) is 0 Å². The fourth-order valence-electron chi connectivity index (χ4n) is 3.67. The summed E-state index contributed by atoms with van der Waals surface area (Å²) in [6.07, 6.45) is 13.0. The lowest BCUT2D eigenvalue weighted by molar-refractivity contribution is -0.0868. The van der Waals surface area contributed by atoms with Gasteiger partial charge in [0.05, 0.1) is 5.60 Å². The van der Waals surface area contributed by atoms with E-state index in [1.54, 1.807) is 0 Å². The average Bonchev–Trinajstić information content (AvgIpc) is 2.44. The summed E-state index contributed by atoms with van der Waals surface area (Å²) in [6, 6.07) is 0.519. The number of likely N-dealkylation sites (N-methyl/N-ethyl adjacent to an activating group) is 1. The number of nitrogens with one attached hydrogen (secondary N) is 1. The summed E-state index contributed by atoms with van der Waals surface area (Å²) in [5, 5.41) is 3.56. The van der Waals surface area contributed by atoms with Crippen molar-refractivity contribution in [3.63, 3.8) is 0 Å². The first-order valence-electron chi connectivity index (χ1n) is 8.72. The molecule has 0 radical (unpaired) electrons. The minimum absolute atomic E-state index is 0.0784. The lowest BCUT2D eigenvalue weighted by Crippen LogP contribution is -2.53. The predicted molar refractivity (Wildman–Crippen MR) is 88.2 cm³/mol. The molecule has 0 aliphatic heterocycles. The molecule has 0 bridgehead atoms. The van der Waals surface area contributed by atoms with E-state index in [0.717, 1.165) is 0 Å². The van der Waals surface area contributed by atoms with Gasteiger partial charge in [0, 0.05) is 13.2 Å². The Balaban J connectivity index is 2.48. The SMILES string of the molecule is CCCCCCCC(NC)C1(OC)CCC(C)(C)CC1. The second-order valence-electron chi connectivity index (χ2n) is 7.48. The van der Waals surface area contributed by atoms with Gasteiger partial charge in [-0.25, -0.2) is 0 Å². The van der Waals surface area contributed by atoms with E-state index in [1.165, 1.54) is 64.2 Å². The second-order valence-corrected chi connectivity index (χ2v) is 7.48. The highest BCUT2D eigenvalue weighted by atomic mass is 16.5. The van der Waals surface area contributed by atoms with E-state index >= 15 is 0 Å². The quantitative estimate of drug-likeness (QED) is 0.606. The molecule has 1 fully saturated rings. The Hall–Kier alpha value is -0.0800. The van der Waals surface area contributed by atoms with Gasteiger partial charge >= 0.3 is 0 Å². The van der Waals surface area contributed by atoms with Crippen molar-refractivity contribution in [3.05, 3.63) is 0 Å². The van der Waals surface area contributed by atoms with E-state index in [2.05, 4.69) is 33.1 Å². The Bertz CT molecular complexity index is 252. The maximum atomic E-state index is 6.04. The average molecular weight is 284 g/mol. The number of hydrogen-bond acceptors (Lipinski definition) is 2. The van der Waals surface area contributed by atoms with Gasteiger partial charge in [-0.2, -0.15) is 0 Å². The number of ether oxygens (including phenoxy) is 1. The van der Waals surface area contributed by atoms with Crippen molar-refractivity contribution in [3.8, 4) is 0 Å². The Labute approximate surface area is 127 Å². The van der Waals surface area contributed by atoms with Crippen LogP contribution in [-0.4, -0.2) is 25.8 Å². The zero-order chi connectivity index (χ0) is 15.1. The third-order valence-corrected chi connectivity index (χ3v) is 5.44. The minimum atomic E-state index is 0.0784. The zero-order valence-corrected chi connectivity index (χ0v) is 14.6. The summed E-state index contributed by atoms with van der Waals surface area (Å²) in [4.78, 5) is 0. The van der Waals surface area contributed by atoms with Crippen molar-refractivity contribution in [2.24, 2.45) is 5.41 Å². The third-order valence-electron chi connectivity index (χ3n) is 5.44. The lowest BCUT2D eigenvalue weighted by atomic mass is 9.67. The summed E-state index contributed by atoms with van der Waals surface area (Å²) >= 11 is 0. The summed E-state index contributed by atoms with van der Waals surface area (Å²) in [6.45, 7) is 7.07. The van der Waals surface area contributed by atoms with Crippen LogP contribution in [-0.2, 0) is 4.74 Å². The molecule has 120 valence electrons. The molecule has 0 heterocycles. The molecule has 2 nitrogen and oxygen atoms in total. The van der Waals surface area contributed by atoms with Gasteiger partial charge in [-0.1, -0.05) is 52.9 Å². The maximum absolute atomic E-state index is 6.04. The van der Waals surface area contributed by atoms with Gasteiger partial charge in [0.15, 0.2) is 0 Å². The molecule has 1 N–H and O–H groups in total. The van der Waals surface area contributed by atoms with E-state index in [0.29, 0.717) is 11.5 Å². The van der Waals surface area contributed by atoms with Crippen molar-refractivity contribution in [1.29, 1.82) is 0 Å². The van der Waals surface area contributed by atoms with Gasteiger partial charge in [0.2, 0.25) is 0 Å². The lowest BCUT2D eigenvalue weighted by Gasteiger charge is -2.47. The zero-order valence-electron chi connectivity index (χ0n) is 14.6. The van der Waals surface area contributed by atoms with Crippen molar-refractivity contribution in [1.82, 2.24) is 5.32 Å². The first-order chi connectivity index (χ1) is 9.49. The van der Waals surface area contributed by atoms with E-state index in [1.807, 2.05) is 7.11 Å². The van der Waals surface area contributed by atoms with Crippen LogP contribution >= 0.6 is 0 Å². The van der Waals surface area contributed by atoms with Gasteiger partial charge in [-0.15, -0.1) is 0 Å². The van der Waals surface area contributed by atoms with Crippen molar-refractivity contribution >= 4 is 0 Å². The summed E-state index contributed by atoms with van der Waals surface area (Å²) in [5.74, 6) is 0. The third kappa shape index (κ3) is 5.04. The molecule has 0 aromatic rings. The second kappa shape index (κ2) is 8.38. The fraction of sp³-hybridized carbons (Fsp3) is 1.00. The molecule has 0 aromatic carbocycles. The van der Waals surface area contributed by atoms with Gasteiger partial charge in [-0.05, 0) is 44.6 Å². The number of rotatable bonds is 9. The molecule has 0 amide bonds. The highest BCUT2D eigenvalue weighted by molar-refractivity contribution is 4.98. The van der Waals surface area contributed by atoms with E-state index in [4.69, 9.17) is 4.74 Å². The summed E-state index contributed by atoms with van der Waals surface area (Å²) in [7, 11) is 4.02. The number of methoxy groups -OCH3 is 1. The molecule has 0 saturated heterocycles. The molecule has 1 aliphatic rings. The minimum Gasteiger partial charge on any atom is -0.377 e.